The Morgan fingerprint density at radius 2 is 2.04 bits per heavy atom. The van der Waals surface area contributed by atoms with E-state index in [-0.39, 0.29) is 23.7 Å². The van der Waals surface area contributed by atoms with E-state index in [1.165, 1.54) is 0 Å². The number of benzene rings is 1. The summed E-state index contributed by atoms with van der Waals surface area (Å²) >= 11 is 1.69. The van der Waals surface area contributed by atoms with Crippen LogP contribution in [-0.4, -0.2) is 28.1 Å². The summed E-state index contributed by atoms with van der Waals surface area (Å²) in [7, 11) is 0. The molecular weight excluding hydrogens is 352 g/mol. The van der Waals surface area contributed by atoms with Gasteiger partial charge in [-0.05, 0) is 17.5 Å². The van der Waals surface area contributed by atoms with Gasteiger partial charge < -0.3 is 4.90 Å². The molecule has 1 aromatic heterocycles. The molecule has 0 bridgehead atoms. The van der Waals surface area contributed by atoms with Gasteiger partial charge in [0.25, 0.3) is 0 Å². The third-order valence-corrected chi connectivity index (χ3v) is 5.29. The molecule has 1 saturated heterocycles. The van der Waals surface area contributed by atoms with E-state index >= 15 is 0 Å². The minimum atomic E-state index is 0. The SMILES string of the molecule is C=Cc1ccc(-c2ncccc2C2SCC(=O)N2CC(C)C)cc1.Cl. The Labute approximate surface area is 159 Å². The van der Waals surface area contributed by atoms with Crippen molar-refractivity contribution >= 4 is 36.2 Å². The summed E-state index contributed by atoms with van der Waals surface area (Å²) in [5.74, 6) is 1.21. The number of halogens is 1. The maximum absolute atomic E-state index is 12.3. The highest BCUT2D eigenvalue weighted by molar-refractivity contribution is 8.00. The Balaban J connectivity index is 0.00000225. The number of aromatic nitrogens is 1. The second-order valence-corrected chi connectivity index (χ2v) is 7.44. The molecule has 0 spiro atoms. The lowest BCUT2D eigenvalue weighted by Crippen LogP contribution is -2.32. The molecule has 1 unspecified atom stereocenters. The topological polar surface area (TPSA) is 33.2 Å². The summed E-state index contributed by atoms with van der Waals surface area (Å²) in [5, 5.41) is 0.0441. The van der Waals surface area contributed by atoms with Gasteiger partial charge in [-0.25, -0.2) is 0 Å². The van der Waals surface area contributed by atoms with Gasteiger partial charge in [0, 0.05) is 23.9 Å². The van der Waals surface area contributed by atoms with E-state index in [0.29, 0.717) is 11.7 Å². The summed E-state index contributed by atoms with van der Waals surface area (Å²) in [5.41, 5.74) is 4.22. The standard InChI is InChI=1S/C20H22N2OS.ClH/c1-4-15-7-9-16(10-8-15)19-17(6-5-11-21-19)20-22(12-14(2)3)18(23)13-24-20;/h4-11,14,20H,1,12-13H2,2-3H3;1H. The summed E-state index contributed by atoms with van der Waals surface area (Å²) in [6.07, 6.45) is 3.65. The average molecular weight is 375 g/mol. The van der Waals surface area contributed by atoms with Crippen LogP contribution in [0.2, 0.25) is 0 Å². The van der Waals surface area contributed by atoms with Crippen molar-refractivity contribution in [2.24, 2.45) is 5.92 Å². The van der Waals surface area contributed by atoms with Crippen molar-refractivity contribution in [1.29, 1.82) is 0 Å². The van der Waals surface area contributed by atoms with Gasteiger partial charge in [0.05, 0.1) is 11.4 Å². The lowest BCUT2D eigenvalue weighted by Gasteiger charge is -2.27. The second-order valence-electron chi connectivity index (χ2n) is 6.37. The van der Waals surface area contributed by atoms with E-state index in [2.05, 4.69) is 43.6 Å². The van der Waals surface area contributed by atoms with Crippen LogP contribution in [0.25, 0.3) is 17.3 Å². The van der Waals surface area contributed by atoms with Crippen LogP contribution in [0.3, 0.4) is 0 Å². The van der Waals surface area contributed by atoms with Crippen LogP contribution in [0, 0.1) is 5.92 Å². The monoisotopic (exact) mass is 374 g/mol. The van der Waals surface area contributed by atoms with Crippen molar-refractivity contribution in [2.45, 2.75) is 19.2 Å². The maximum Gasteiger partial charge on any atom is 0.233 e. The van der Waals surface area contributed by atoms with Crippen LogP contribution < -0.4 is 0 Å². The van der Waals surface area contributed by atoms with Crippen LogP contribution in [0.4, 0.5) is 0 Å². The number of carbonyl (C=O) groups excluding carboxylic acids is 1. The number of amides is 1. The van der Waals surface area contributed by atoms with Crippen molar-refractivity contribution in [1.82, 2.24) is 9.88 Å². The van der Waals surface area contributed by atoms with Gasteiger partial charge in [-0.3, -0.25) is 9.78 Å². The normalized spacial score (nSPS) is 16.8. The molecule has 1 aliphatic heterocycles. The minimum Gasteiger partial charge on any atom is -0.325 e. The maximum atomic E-state index is 12.3. The summed E-state index contributed by atoms with van der Waals surface area (Å²) in [6.45, 7) is 8.86. The summed E-state index contributed by atoms with van der Waals surface area (Å²) in [6, 6.07) is 12.3. The summed E-state index contributed by atoms with van der Waals surface area (Å²) in [4.78, 5) is 18.9. The molecule has 0 saturated carbocycles. The Morgan fingerprint density at radius 1 is 1.32 bits per heavy atom. The first-order valence-electron chi connectivity index (χ1n) is 8.19. The van der Waals surface area contributed by atoms with Gasteiger partial charge in [-0.2, -0.15) is 0 Å². The van der Waals surface area contributed by atoms with Crippen molar-refractivity contribution in [3.05, 3.63) is 60.3 Å². The first kappa shape index (κ1) is 19.5. The molecule has 1 amide bonds. The van der Waals surface area contributed by atoms with Crippen LogP contribution in [0.5, 0.6) is 0 Å². The smallest absolute Gasteiger partial charge is 0.233 e. The molecule has 5 heteroatoms. The van der Waals surface area contributed by atoms with Gasteiger partial charge in [0.2, 0.25) is 5.91 Å². The van der Waals surface area contributed by atoms with Crippen LogP contribution >= 0.6 is 24.2 Å². The fraction of sp³-hybridized carbons (Fsp3) is 0.300. The van der Waals surface area contributed by atoms with E-state index in [9.17, 15) is 4.79 Å². The van der Waals surface area contributed by atoms with Gasteiger partial charge in [-0.1, -0.05) is 56.8 Å². The second kappa shape index (κ2) is 8.54. The highest BCUT2D eigenvalue weighted by Gasteiger charge is 2.34. The zero-order valence-electron chi connectivity index (χ0n) is 14.5. The molecule has 1 aromatic carbocycles. The van der Waals surface area contributed by atoms with Crippen molar-refractivity contribution < 1.29 is 4.79 Å². The van der Waals surface area contributed by atoms with Gasteiger partial charge in [0.1, 0.15) is 5.37 Å². The molecular formula is C20H23ClN2OS. The highest BCUT2D eigenvalue weighted by Crippen LogP contribution is 2.42. The molecule has 3 rings (SSSR count). The fourth-order valence-corrected chi connectivity index (χ4v) is 4.16. The Bertz CT molecular complexity index is 746. The van der Waals surface area contributed by atoms with E-state index in [1.807, 2.05) is 35.4 Å². The molecule has 1 aliphatic rings. The number of nitrogens with zero attached hydrogens (tertiary/aromatic N) is 2. The third-order valence-electron chi connectivity index (χ3n) is 4.05. The molecule has 132 valence electrons. The largest absolute Gasteiger partial charge is 0.325 e. The molecule has 2 aromatic rings. The van der Waals surface area contributed by atoms with Crippen LogP contribution in [0.15, 0.2) is 49.2 Å². The van der Waals surface area contributed by atoms with E-state index in [0.717, 1.165) is 28.9 Å². The zero-order chi connectivity index (χ0) is 17.1. The van der Waals surface area contributed by atoms with Crippen molar-refractivity contribution in [3.63, 3.8) is 0 Å². The van der Waals surface area contributed by atoms with E-state index in [4.69, 9.17) is 0 Å². The predicted octanol–water partition coefficient (Wildman–Crippen LogP) is 5.04. The molecule has 0 radical (unpaired) electrons. The molecule has 25 heavy (non-hydrogen) atoms. The third kappa shape index (κ3) is 4.25. The number of rotatable bonds is 5. The Morgan fingerprint density at radius 3 is 2.68 bits per heavy atom. The highest BCUT2D eigenvalue weighted by atomic mass is 35.5. The predicted molar refractivity (Wildman–Crippen MR) is 109 cm³/mol. The fourth-order valence-electron chi connectivity index (χ4n) is 2.94. The van der Waals surface area contributed by atoms with Gasteiger partial charge in [0.15, 0.2) is 0 Å². The van der Waals surface area contributed by atoms with Gasteiger partial charge in [-0.15, -0.1) is 24.2 Å². The Hall–Kier alpha value is -1.78. The number of hydrogen-bond acceptors (Lipinski definition) is 3. The molecule has 3 nitrogen and oxygen atoms in total. The lowest BCUT2D eigenvalue weighted by atomic mass is 10.0. The minimum absolute atomic E-state index is 0. The molecule has 1 atom stereocenters. The molecule has 2 heterocycles. The zero-order valence-corrected chi connectivity index (χ0v) is 16.1. The van der Waals surface area contributed by atoms with Crippen LogP contribution in [0.1, 0.15) is 30.3 Å². The Kier molecular flexibility index (Phi) is 6.68. The lowest BCUT2D eigenvalue weighted by molar-refractivity contribution is -0.128. The summed E-state index contributed by atoms with van der Waals surface area (Å²) < 4.78 is 0. The first-order valence-corrected chi connectivity index (χ1v) is 9.24. The van der Waals surface area contributed by atoms with E-state index in [1.54, 1.807) is 11.8 Å². The van der Waals surface area contributed by atoms with Crippen molar-refractivity contribution in [2.75, 3.05) is 12.3 Å². The molecule has 1 fully saturated rings. The number of hydrogen-bond donors (Lipinski definition) is 0. The molecule has 0 N–H and O–H groups in total. The number of thioether (sulfide) groups is 1. The number of pyridine rings is 1. The van der Waals surface area contributed by atoms with Crippen LogP contribution in [-0.2, 0) is 4.79 Å². The molecule has 0 aliphatic carbocycles. The number of carbonyl (C=O) groups is 1. The van der Waals surface area contributed by atoms with Crippen molar-refractivity contribution in [3.8, 4) is 11.3 Å². The van der Waals surface area contributed by atoms with E-state index < -0.39 is 0 Å². The quantitative estimate of drug-likeness (QED) is 0.734. The van der Waals surface area contributed by atoms with Gasteiger partial charge >= 0.3 is 0 Å². The average Bonchev–Trinajstić information content (AvgIpc) is 2.95. The first-order chi connectivity index (χ1) is 11.6.